The van der Waals surface area contributed by atoms with Crippen LogP contribution in [0.3, 0.4) is 0 Å². The molecule has 0 spiro atoms. The number of aryl methyl sites for hydroxylation is 3. The molecular weight excluding hydrogens is 1260 g/mol. The van der Waals surface area contributed by atoms with Gasteiger partial charge in [-0.05, 0) is 75.5 Å². The zero-order valence-corrected chi connectivity index (χ0v) is 54.1. The minimum Gasteiger partial charge on any atom is -0.488 e. The van der Waals surface area contributed by atoms with Crippen molar-refractivity contribution >= 4 is 138 Å². The van der Waals surface area contributed by atoms with Crippen LogP contribution >= 0.6 is 23.2 Å². The summed E-state index contributed by atoms with van der Waals surface area (Å²) in [5, 5.41) is 22.3. The standard InChI is InChI=1S/C70H68Cl2N12O11/c1-40(85)75-46-16-18-51-53(22-46)60(94-38-42-12-8-6-9-13-42)27-55-66(51)44(29-71)33-83(55)64(89)21-20-62(87)77-48-24-58(81(4)35-48)69(92)79-50-26-59(82(5)37-50)70(93)78-49-25-57(80(3)36-49)68(91)74-31-63(88)73-32-65(90)84-34-45(30-72)67-52-19-17-47(76-41(2)86)23-54(52)61(28-56(67)84)95-39-43-14-10-7-11-15-43/h6-19,22-28,35-37,44-45H,20-21,29-34,38-39H2,1-5H3,(H,73,88)(H,74,91)(H,75,85)(H,76,86)(H,77,87)(H,78,93)(H,79,92). The van der Waals surface area contributed by atoms with Crippen molar-refractivity contribution in [3.63, 3.8) is 0 Å². The lowest BCUT2D eigenvalue weighted by atomic mass is 9.95. The number of fused-ring (bicyclic) bond motifs is 6. The summed E-state index contributed by atoms with van der Waals surface area (Å²) in [4.78, 5) is 122. The van der Waals surface area contributed by atoms with Crippen LogP contribution in [-0.4, -0.2) is 105 Å². The maximum Gasteiger partial charge on any atom is 0.272 e. The number of benzene rings is 6. The highest BCUT2D eigenvalue weighted by atomic mass is 35.5. The average molecular weight is 1320 g/mol. The predicted molar refractivity (Wildman–Crippen MR) is 365 cm³/mol. The molecule has 0 bridgehead atoms. The molecule has 6 aromatic carbocycles. The lowest BCUT2D eigenvalue weighted by molar-refractivity contribution is -0.124. The Labute approximate surface area is 556 Å². The fourth-order valence-corrected chi connectivity index (χ4v) is 12.6. The minimum atomic E-state index is -0.631. The summed E-state index contributed by atoms with van der Waals surface area (Å²) in [6.45, 7) is 3.02. The van der Waals surface area contributed by atoms with Crippen LogP contribution in [0.25, 0.3) is 21.5 Å². The number of nitrogens with zero attached hydrogens (tertiary/aromatic N) is 5. The van der Waals surface area contributed by atoms with Crippen LogP contribution in [0.1, 0.15) is 92.2 Å². The number of rotatable bonds is 23. The van der Waals surface area contributed by atoms with E-state index in [9.17, 15) is 43.2 Å². The van der Waals surface area contributed by atoms with Crippen LogP contribution in [0.4, 0.5) is 39.8 Å². The third kappa shape index (κ3) is 14.8. The average Bonchev–Trinajstić information content (AvgIpc) is 1.65. The van der Waals surface area contributed by atoms with Gasteiger partial charge in [0.1, 0.15) is 41.8 Å². The van der Waals surface area contributed by atoms with Gasteiger partial charge in [-0.2, -0.15) is 0 Å². The highest BCUT2D eigenvalue weighted by molar-refractivity contribution is 6.20. The first-order valence-electron chi connectivity index (χ1n) is 30.5. The third-order valence-corrected chi connectivity index (χ3v) is 17.2. The van der Waals surface area contributed by atoms with E-state index >= 15 is 0 Å². The molecule has 5 heterocycles. The SMILES string of the molecule is CC(=O)Nc1ccc2c3c(cc(OCc4ccccc4)c2c1)N(C(=O)CCC(=O)Nc1cc(C(=O)Nc2cc(C(=O)Nc4cc(C(=O)NCC(=O)NCC(=O)N5CC(CCl)c6c5cc(OCc5ccccc5)c5cc(NC(C)=O)ccc65)n(C)c4)n(C)c2)n(C)c1)CC3CCl. The van der Waals surface area contributed by atoms with Crippen molar-refractivity contribution < 1.29 is 52.6 Å². The second-order valence-electron chi connectivity index (χ2n) is 23.3. The van der Waals surface area contributed by atoms with Crippen molar-refractivity contribution in [3.05, 3.63) is 185 Å². The molecule has 0 radical (unpaired) electrons. The minimum absolute atomic E-state index is 0.113. The van der Waals surface area contributed by atoms with E-state index in [1.807, 2.05) is 91.0 Å². The van der Waals surface area contributed by atoms with Gasteiger partial charge in [-0.1, -0.05) is 72.8 Å². The number of ether oxygens (including phenoxy) is 2. The molecule has 2 aliphatic rings. The Morgan fingerprint density at radius 2 is 0.874 bits per heavy atom. The van der Waals surface area contributed by atoms with E-state index in [1.165, 1.54) is 51.9 Å². The molecule has 0 saturated heterocycles. The Hall–Kier alpha value is -10.9. The number of nitrogens with one attached hydrogen (secondary N) is 7. The third-order valence-electron chi connectivity index (χ3n) is 16.5. The van der Waals surface area contributed by atoms with E-state index in [2.05, 4.69) is 37.2 Å². The van der Waals surface area contributed by atoms with Gasteiger partial charge in [-0.25, -0.2) is 0 Å². The Balaban J connectivity index is 0.662. The number of anilines is 7. The number of aromatic nitrogens is 3. The topological polar surface area (TPSA) is 278 Å². The zero-order valence-electron chi connectivity index (χ0n) is 52.6. The molecule has 0 saturated carbocycles. The molecule has 3 aromatic heterocycles. The molecule has 0 aliphatic carbocycles. The monoisotopic (exact) mass is 1320 g/mol. The molecule has 7 N–H and O–H groups in total. The summed E-state index contributed by atoms with van der Waals surface area (Å²) in [6.07, 6.45) is 4.33. The Bertz CT molecular complexity index is 4530. The van der Waals surface area contributed by atoms with Crippen molar-refractivity contribution in [1.82, 2.24) is 24.3 Å². The van der Waals surface area contributed by atoms with Crippen LogP contribution in [0.15, 0.2) is 146 Å². The number of alkyl halides is 2. The summed E-state index contributed by atoms with van der Waals surface area (Å²) in [7, 11) is 4.84. The highest BCUT2D eigenvalue weighted by Crippen LogP contribution is 2.48. The van der Waals surface area contributed by atoms with Crippen LogP contribution in [0.2, 0.25) is 0 Å². The predicted octanol–water partition coefficient (Wildman–Crippen LogP) is 9.89. The van der Waals surface area contributed by atoms with Crippen molar-refractivity contribution in [2.45, 2.75) is 51.7 Å². The lowest BCUT2D eigenvalue weighted by Crippen LogP contribution is -2.43. The number of carbonyl (C=O) groups excluding carboxylic acids is 9. The molecule has 2 atom stereocenters. The highest BCUT2D eigenvalue weighted by Gasteiger charge is 2.37. The zero-order chi connectivity index (χ0) is 67.2. The van der Waals surface area contributed by atoms with Gasteiger partial charge in [0, 0.05) is 137 Å². The second-order valence-corrected chi connectivity index (χ2v) is 24.0. The van der Waals surface area contributed by atoms with Crippen molar-refractivity contribution in [3.8, 4) is 11.5 Å². The summed E-state index contributed by atoms with van der Waals surface area (Å²) < 4.78 is 17.3. The number of hydrogen-bond donors (Lipinski definition) is 7. The van der Waals surface area contributed by atoms with Gasteiger partial charge in [0.05, 0.1) is 41.5 Å². The van der Waals surface area contributed by atoms with Gasteiger partial charge in [0.25, 0.3) is 17.7 Å². The summed E-state index contributed by atoms with van der Waals surface area (Å²) in [6, 6.07) is 38.2. The van der Waals surface area contributed by atoms with E-state index < -0.39 is 42.0 Å². The summed E-state index contributed by atoms with van der Waals surface area (Å²) in [5.74, 6) is -3.05. The molecule has 95 heavy (non-hydrogen) atoms. The number of amides is 9. The van der Waals surface area contributed by atoms with E-state index in [0.717, 1.165) is 43.8 Å². The fourth-order valence-electron chi connectivity index (χ4n) is 12.1. The van der Waals surface area contributed by atoms with E-state index in [1.54, 1.807) is 61.5 Å². The smallest absolute Gasteiger partial charge is 0.272 e. The van der Waals surface area contributed by atoms with Crippen molar-refractivity contribution in [2.24, 2.45) is 21.1 Å². The number of halogens is 2. The summed E-state index contributed by atoms with van der Waals surface area (Å²) >= 11 is 13.1. The quantitative estimate of drug-likeness (QED) is 0.0296. The molecule has 23 nitrogen and oxygen atoms in total. The van der Waals surface area contributed by atoms with Gasteiger partial charge < -0.3 is 70.2 Å². The first-order chi connectivity index (χ1) is 45.7. The van der Waals surface area contributed by atoms with Crippen molar-refractivity contribution in [1.29, 1.82) is 0 Å². The van der Waals surface area contributed by atoms with E-state index in [4.69, 9.17) is 32.7 Å². The first-order valence-corrected chi connectivity index (χ1v) is 31.6. The Morgan fingerprint density at radius 3 is 1.32 bits per heavy atom. The molecule has 9 aromatic rings. The second kappa shape index (κ2) is 28.5. The fraction of sp³-hybridized carbons (Fsp3) is 0.243. The Kier molecular flexibility index (Phi) is 19.7. The molecule has 2 aliphatic heterocycles. The largest absolute Gasteiger partial charge is 0.488 e. The summed E-state index contributed by atoms with van der Waals surface area (Å²) in [5.41, 5.74) is 7.25. The maximum absolute atomic E-state index is 14.0. The van der Waals surface area contributed by atoms with E-state index in [0.29, 0.717) is 39.9 Å². The van der Waals surface area contributed by atoms with Crippen LogP contribution in [0, 0.1) is 0 Å². The molecule has 9 amide bonds. The van der Waals surface area contributed by atoms with Gasteiger partial charge >= 0.3 is 0 Å². The van der Waals surface area contributed by atoms with Crippen LogP contribution in [-0.2, 0) is 63.1 Å². The molecule has 25 heteroatoms. The molecule has 11 rings (SSSR count). The van der Waals surface area contributed by atoms with Gasteiger partial charge in [-0.3, -0.25) is 43.2 Å². The van der Waals surface area contributed by atoms with Crippen LogP contribution < -0.4 is 56.5 Å². The first kappa shape index (κ1) is 65.6. The van der Waals surface area contributed by atoms with Crippen molar-refractivity contribution in [2.75, 3.05) is 74.3 Å². The Morgan fingerprint density at radius 1 is 0.442 bits per heavy atom. The lowest BCUT2D eigenvalue weighted by Gasteiger charge is -2.20. The normalized spacial score (nSPS) is 13.8. The molecule has 2 unspecified atom stereocenters. The van der Waals surface area contributed by atoms with Crippen LogP contribution in [0.5, 0.6) is 11.5 Å². The van der Waals surface area contributed by atoms with E-state index in [-0.39, 0.29) is 115 Å². The van der Waals surface area contributed by atoms with Gasteiger partial charge in [0.15, 0.2) is 0 Å². The number of carbonyl (C=O) groups is 9. The molecular formula is C70H68Cl2N12O11. The molecule has 488 valence electrons. The number of hydrogen-bond acceptors (Lipinski definition) is 11. The van der Waals surface area contributed by atoms with Gasteiger partial charge in [0.2, 0.25) is 35.4 Å². The maximum atomic E-state index is 14.0. The molecule has 0 fully saturated rings. The van der Waals surface area contributed by atoms with Gasteiger partial charge in [-0.15, -0.1) is 23.2 Å².